The minimum absolute atomic E-state index is 0.0360. The molecule has 1 saturated heterocycles. The number of hydrogen-bond acceptors (Lipinski definition) is 3. The van der Waals surface area contributed by atoms with Gasteiger partial charge in [-0.2, -0.15) is 0 Å². The van der Waals surface area contributed by atoms with Gasteiger partial charge < -0.3 is 14.9 Å². The van der Waals surface area contributed by atoms with E-state index in [1.165, 1.54) is 0 Å². The predicted octanol–water partition coefficient (Wildman–Crippen LogP) is 1.60. The number of carbonyl (C=O) groups excluding carboxylic acids is 1. The Balaban J connectivity index is 2.16. The number of carboxylic acids is 1. The molecule has 0 bridgehead atoms. The maximum atomic E-state index is 12.9. The summed E-state index contributed by atoms with van der Waals surface area (Å²) in [6, 6.07) is 0.199. The first-order valence-corrected chi connectivity index (χ1v) is 7.91. The number of nitrogens with zero attached hydrogens (tertiary/aromatic N) is 2. The standard InChI is InChI=1S/C16H26N2O3/c1-3-12-11-17(2)9-6-10-18(12)15(19)13-7-4-5-8-14(13)16(20)21/h4-5,12-14H,3,6-11H2,1-2H3,(H,20,21). The van der Waals surface area contributed by atoms with Gasteiger partial charge in [-0.1, -0.05) is 19.1 Å². The summed E-state index contributed by atoms with van der Waals surface area (Å²) in [7, 11) is 2.08. The van der Waals surface area contributed by atoms with E-state index in [2.05, 4.69) is 18.9 Å². The fraction of sp³-hybridized carbons (Fsp3) is 0.750. The summed E-state index contributed by atoms with van der Waals surface area (Å²) in [4.78, 5) is 28.5. The van der Waals surface area contributed by atoms with Gasteiger partial charge in [0.05, 0.1) is 11.8 Å². The van der Waals surface area contributed by atoms with Crippen molar-refractivity contribution in [2.24, 2.45) is 11.8 Å². The zero-order chi connectivity index (χ0) is 15.4. The minimum Gasteiger partial charge on any atom is -0.481 e. The van der Waals surface area contributed by atoms with Crippen LogP contribution in [0.25, 0.3) is 0 Å². The van der Waals surface area contributed by atoms with Gasteiger partial charge in [-0.25, -0.2) is 0 Å². The molecular weight excluding hydrogens is 268 g/mol. The molecule has 5 nitrogen and oxygen atoms in total. The van der Waals surface area contributed by atoms with Gasteiger partial charge in [0, 0.05) is 19.1 Å². The highest BCUT2D eigenvalue weighted by Gasteiger charge is 2.38. The maximum absolute atomic E-state index is 12.9. The summed E-state index contributed by atoms with van der Waals surface area (Å²) in [6.07, 6.45) is 6.73. The Morgan fingerprint density at radius 2 is 1.86 bits per heavy atom. The molecule has 21 heavy (non-hydrogen) atoms. The van der Waals surface area contributed by atoms with Crippen molar-refractivity contribution in [3.63, 3.8) is 0 Å². The zero-order valence-corrected chi connectivity index (χ0v) is 13.0. The molecule has 1 amide bonds. The third-order valence-corrected chi connectivity index (χ3v) is 4.72. The van der Waals surface area contributed by atoms with E-state index >= 15 is 0 Å². The van der Waals surface area contributed by atoms with Crippen molar-refractivity contribution in [1.29, 1.82) is 0 Å². The van der Waals surface area contributed by atoms with E-state index in [1.807, 2.05) is 17.1 Å². The molecule has 1 N–H and O–H groups in total. The molecule has 0 spiro atoms. The van der Waals surface area contributed by atoms with Crippen LogP contribution in [0.4, 0.5) is 0 Å². The van der Waals surface area contributed by atoms with Gasteiger partial charge in [0.15, 0.2) is 0 Å². The van der Waals surface area contributed by atoms with E-state index in [-0.39, 0.29) is 11.9 Å². The summed E-state index contributed by atoms with van der Waals surface area (Å²) >= 11 is 0. The van der Waals surface area contributed by atoms with Crippen molar-refractivity contribution in [3.8, 4) is 0 Å². The Morgan fingerprint density at radius 1 is 1.19 bits per heavy atom. The molecule has 0 aromatic carbocycles. The third kappa shape index (κ3) is 3.64. The van der Waals surface area contributed by atoms with Crippen LogP contribution in [-0.2, 0) is 9.59 Å². The Labute approximate surface area is 126 Å². The topological polar surface area (TPSA) is 60.9 Å². The molecule has 118 valence electrons. The zero-order valence-electron chi connectivity index (χ0n) is 13.0. The molecule has 2 rings (SSSR count). The van der Waals surface area contributed by atoms with Crippen LogP contribution in [0.15, 0.2) is 12.2 Å². The van der Waals surface area contributed by atoms with Crippen LogP contribution < -0.4 is 0 Å². The van der Waals surface area contributed by atoms with Crippen LogP contribution in [0.2, 0.25) is 0 Å². The third-order valence-electron chi connectivity index (χ3n) is 4.72. The Morgan fingerprint density at radius 3 is 2.48 bits per heavy atom. The fourth-order valence-corrected chi connectivity index (χ4v) is 3.46. The van der Waals surface area contributed by atoms with Crippen molar-refractivity contribution in [2.75, 3.05) is 26.7 Å². The molecule has 0 radical (unpaired) electrons. The first-order chi connectivity index (χ1) is 10.0. The van der Waals surface area contributed by atoms with Crippen molar-refractivity contribution in [2.45, 2.75) is 38.6 Å². The number of hydrogen-bond donors (Lipinski definition) is 1. The smallest absolute Gasteiger partial charge is 0.307 e. The molecule has 3 atom stereocenters. The minimum atomic E-state index is -0.849. The Hall–Kier alpha value is -1.36. The van der Waals surface area contributed by atoms with Crippen LogP contribution in [0.5, 0.6) is 0 Å². The number of rotatable bonds is 3. The first-order valence-electron chi connectivity index (χ1n) is 7.91. The molecule has 0 aromatic rings. The average Bonchev–Trinajstić information content (AvgIpc) is 2.67. The molecule has 2 aliphatic rings. The van der Waals surface area contributed by atoms with Crippen molar-refractivity contribution >= 4 is 11.9 Å². The lowest BCUT2D eigenvalue weighted by Gasteiger charge is -2.35. The van der Waals surface area contributed by atoms with E-state index in [1.54, 1.807) is 0 Å². The molecule has 1 heterocycles. The summed E-state index contributed by atoms with van der Waals surface area (Å²) in [5.41, 5.74) is 0. The molecule has 1 aliphatic carbocycles. The first kappa shape index (κ1) is 16.0. The number of carbonyl (C=O) groups is 2. The monoisotopic (exact) mass is 294 g/mol. The number of aliphatic carboxylic acids is 1. The molecule has 0 saturated carbocycles. The Bertz CT molecular complexity index is 422. The van der Waals surface area contributed by atoms with Crippen molar-refractivity contribution in [1.82, 2.24) is 9.80 Å². The summed E-state index contributed by atoms with van der Waals surface area (Å²) in [6.45, 7) is 4.71. The van der Waals surface area contributed by atoms with Gasteiger partial charge >= 0.3 is 5.97 Å². The average molecular weight is 294 g/mol. The van der Waals surface area contributed by atoms with E-state index in [0.29, 0.717) is 12.8 Å². The van der Waals surface area contributed by atoms with Gasteiger partial charge in [-0.15, -0.1) is 0 Å². The second-order valence-electron chi connectivity index (χ2n) is 6.20. The second-order valence-corrected chi connectivity index (χ2v) is 6.20. The summed E-state index contributed by atoms with van der Waals surface area (Å²) in [5.74, 6) is -1.78. The van der Waals surface area contributed by atoms with Crippen molar-refractivity contribution in [3.05, 3.63) is 12.2 Å². The molecule has 3 unspecified atom stereocenters. The lowest BCUT2D eigenvalue weighted by atomic mass is 9.81. The molecule has 1 fully saturated rings. The predicted molar refractivity (Wildman–Crippen MR) is 80.9 cm³/mol. The van der Waals surface area contributed by atoms with Crippen LogP contribution in [0.3, 0.4) is 0 Å². The SMILES string of the molecule is CCC1CN(C)CCCN1C(=O)C1CC=CCC1C(=O)O. The van der Waals surface area contributed by atoms with Gasteiger partial charge in [-0.3, -0.25) is 9.59 Å². The molecule has 0 aromatic heterocycles. The lowest BCUT2D eigenvalue weighted by molar-refractivity contribution is -0.151. The van der Waals surface area contributed by atoms with Gasteiger partial charge in [0.1, 0.15) is 0 Å². The van der Waals surface area contributed by atoms with Crippen LogP contribution in [-0.4, -0.2) is 59.5 Å². The number of amides is 1. The highest BCUT2D eigenvalue weighted by Crippen LogP contribution is 2.29. The quantitative estimate of drug-likeness (QED) is 0.803. The molecular formula is C16H26N2O3. The maximum Gasteiger partial charge on any atom is 0.307 e. The Kier molecular flexibility index (Phi) is 5.39. The number of allylic oxidation sites excluding steroid dienone is 2. The van der Waals surface area contributed by atoms with Gasteiger partial charge in [0.25, 0.3) is 0 Å². The van der Waals surface area contributed by atoms with E-state index in [4.69, 9.17) is 0 Å². The number of carboxylic acid groups (broad SMARTS) is 1. The van der Waals surface area contributed by atoms with E-state index in [9.17, 15) is 14.7 Å². The van der Waals surface area contributed by atoms with Crippen LogP contribution in [0, 0.1) is 11.8 Å². The molecule has 1 aliphatic heterocycles. The van der Waals surface area contributed by atoms with Gasteiger partial charge in [0.2, 0.25) is 5.91 Å². The van der Waals surface area contributed by atoms with Crippen molar-refractivity contribution < 1.29 is 14.7 Å². The fourth-order valence-electron chi connectivity index (χ4n) is 3.46. The van der Waals surface area contributed by atoms with E-state index < -0.39 is 17.8 Å². The molecule has 5 heteroatoms. The normalized spacial score (nSPS) is 31.0. The summed E-state index contributed by atoms with van der Waals surface area (Å²) in [5, 5.41) is 9.36. The summed E-state index contributed by atoms with van der Waals surface area (Å²) < 4.78 is 0. The van der Waals surface area contributed by atoms with E-state index in [0.717, 1.165) is 32.5 Å². The van der Waals surface area contributed by atoms with Crippen LogP contribution >= 0.6 is 0 Å². The second kappa shape index (κ2) is 7.07. The number of likely N-dealkylation sites (N-methyl/N-ethyl adjacent to an activating group) is 1. The highest BCUT2D eigenvalue weighted by molar-refractivity contribution is 5.85. The lowest BCUT2D eigenvalue weighted by Crippen LogP contribution is -2.48. The highest BCUT2D eigenvalue weighted by atomic mass is 16.4. The van der Waals surface area contributed by atoms with Crippen LogP contribution in [0.1, 0.15) is 32.6 Å². The largest absolute Gasteiger partial charge is 0.481 e. The van der Waals surface area contributed by atoms with Gasteiger partial charge in [-0.05, 0) is 39.3 Å².